The molecule has 0 aliphatic rings. The van der Waals surface area contributed by atoms with Crippen molar-refractivity contribution in [3.63, 3.8) is 0 Å². The average Bonchev–Trinajstić information content (AvgIpc) is 2.46. The summed E-state index contributed by atoms with van der Waals surface area (Å²) in [5, 5.41) is 0. The summed E-state index contributed by atoms with van der Waals surface area (Å²) in [6.45, 7) is 0.458. The predicted octanol–water partition coefficient (Wildman–Crippen LogP) is 3.44. The van der Waals surface area contributed by atoms with Gasteiger partial charge in [0.2, 0.25) is 0 Å². The Kier molecular flexibility index (Phi) is 4.34. The molecule has 0 fully saturated rings. The molecular weight excluding hydrogens is 228 g/mol. The van der Waals surface area contributed by atoms with Crippen LogP contribution in [-0.2, 0) is 16.4 Å². The van der Waals surface area contributed by atoms with Crippen molar-refractivity contribution in [2.75, 3.05) is 14.2 Å². The van der Waals surface area contributed by atoms with E-state index in [0.717, 1.165) is 16.9 Å². The third-order valence-electron chi connectivity index (χ3n) is 2.72. The van der Waals surface area contributed by atoms with Gasteiger partial charge < -0.3 is 4.74 Å². The maximum atomic E-state index is 5.14. The zero-order valence-electron chi connectivity index (χ0n) is 10.6. The SMILES string of the molecule is COOCc1ccc(-c2ccc(OC)cc2)cc1. The lowest BCUT2D eigenvalue weighted by molar-refractivity contribution is -0.282. The van der Waals surface area contributed by atoms with E-state index in [2.05, 4.69) is 17.0 Å². The average molecular weight is 244 g/mol. The van der Waals surface area contributed by atoms with Gasteiger partial charge in [0.25, 0.3) is 0 Å². The largest absolute Gasteiger partial charge is 0.497 e. The van der Waals surface area contributed by atoms with E-state index in [4.69, 9.17) is 9.62 Å². The third kappa shape index (κ3) is 3.09. The van der Waals surface area contributed by atoms with Crippen LogP contribution >= 0.6 is 0 Å². The number of ether oxygens (including phenoxy) is 1. The molecule has 0 heterocycles. The van der Waals surface area contributed by atoms with Crippen LogP contribution in [0.15, 0.2) is 48.5 Å². The molecule has 0 saturated carbocycles. The number of benzene rings is 2. The first-order valence-corrected chi connectivity index (χ1v) is 5.72. The first kappa shape index (κ1) is 12.6. The maximum Gasteiger partial charge on any atom is 0.118 e. The van der Waals surface area contributed by atoms with Crippen LogP contribution in [0.1, 0.15) is 5.56 Å². The maximum absolute atomic E-state index is 5.14. The molecule has 0 bridgehead atoms. The van der Waals surface area contributed by atoms with Gasteiger partial charge in [-0.05, 0) is 28.8 Å². The smallest absolute Gasteiger partial charge is 0.118 e. The number of rotatable bonds is 5. The van der Waals surface area contributed by atoms with Gasteiger partial charge in [0.1, 0.15) is 12.4 Å². The normalized spacial score (nSPS) is 10.3. The highest BCUT2D eigenvalue weighted by molar-refractivity contribution is 5.64. The van der Waals surface area contributed by atoms with Crippen molar-refractivity contribution in [3.05, 3.63) is 54.1 Å². The molecule has 0 saturated heterocycles. The molecule has 3 heteroatoms. The summed E-state index contributed by atoms with van der Waals surface area (Å²) in [6, 6.07) is 16.2. The second-order valence-corrected chi connectivity index (χ2v) is 3.85. The van der Waals surface area contributed by atoms with Gasteiger partial charge in [-0.15, -0.1) is 0 Å². The molecule has 2 rings (SSSR count). The Morgan fingerprint density at radius 2 is 1.33 bits per heavy atom. The van der Waals surface area contributed by atoms with Crippen LogP contribution in [-0.4, -0.2) is 14.2 Å². The summed E-state index contributed by atoms with van der Waals surface area (Å²) in [7, 11) is 3.17. The van der Waals surface area contributed by atoms with E-state index in [-0.39, 0.29) is 0 Å². The third-order valence-corrected chi connectivity index (χ3v) is 2.72. The van der Waals surface area contributed by atoms with Crippen LogP contribution in [0.25, 0.3) is 11.1 Å². The Labute approximate surface area is 107 Å². The molecule has 0 N–H and O–H groups in total. The topological polar surface area (TPSA) is 27.7 Å². The summed E-state index contributed by atoms with van der Waals surface area (Å²) in [6.07, 6.45) is 0. The van der Waals surface area contributed by atoms with Crippen molar-refractivity contribution >= 4 is 0 Å². The van der Waals surface area contributed by atoms with Crippen molar-refractivity contribution in [1.29, 1.82) is 0 Å². The Morgan fingerprint density at radius 1 is 0.778 bits per heavy atom. The first-order chi connectivity index (χ1) is 8.83. The lowest BCUT2D eigenvalue weighted by Crippen LogP contribution is -1.90. The molecule has 0 spiro atoms. The summed E-state index contributed by atoms with van der Waals surface area (Å²) in [5.74, 6) is 0.865. The van der Waals surface area contributed by atoms with Gasteiger partial charge in [-0.2, -0.15) is 0 Å². The van der Waals surface area contributed by atoms with Gasteiger partial charge in [-0.3, -0.25) is 0 Å². The molecule has 94 valence electrons. The van der Waals surface area contributed by atoms with Gasteiger partial charge in [0, 0.05) is 0 Å². The van der Waals surface area contributed by atoms with Crippen LogP contribution in [0.2, 0.25) is 0 Å². The number of hydrogen-bond donors (Lipinski definition) is 0. The lowest BCUT2D eigenvalue weighted by Gasteiger charge is -2.05. The van der Waals surface area contributed by atoms with Gasteiger partial charge in [0.05, 0.1) is 14.2 Å². The van der Waals surface area contributed by atoms with Crippen LogP contribution in [0.5, 0.6) is 5.75 Å². The zero-order chi connectivity index (χ0) is 12.8. The molecule has 0 aromatic heterocycles. The molecular formula is C15H16O3. The van der Waals surface area contributed by atoms with Crippen LogP contribution in [0.3, 0.4) is 0 Å². The monoisotopic (exact) mass is 244 g/mol. The van der Waals surface area contributed by atoms with Crippen molar-refractivity contribution < 1.29 is 14.5 Å². The fourth-order valence-corrected chi connectivity index (χ4v) is 1.70. The standard InChI is InChI=1S/C15H16O3/c1-16-15-9-7-14(8-10-15)13-5-3-12(4-6-13)11-18-17-2/h3-10H,11H2,1-2H3. The lowest BCUT2D eigenvalue weighted by atomic mass is 10.0. The highest BCUT2D eigenvalue weighted by Crippen LogP contribution is 2.22. The number of methoxy groups -OCH3 is 1. The second-order valence-electron chi connectivity index (χ2n) is 3.85. The van der Waals surface area contributed by atoms with Crippen molar-refractivity contribution in [1.82, 2.24) is 0 Å². The molecule has 0 amide bonds. The summed E-state index contributed by atoms with van der Waals surface area (Å²) >= 11 is 0. The Morgan fingerprint density at radius 3 is 1.83 bits per heavy atom. The van der Waals surface area contributed by atoms with Crippen LogP contribution < -0.4 is 4.74 Å². The molecule has 2 aromatic rings. The van der Waals surface area contributed by atoms with E-state index in [9.17, 15) is 0 Å². The number of hydrogen-bond acceptors (Lipinski definition) is 3. The summed E-state index contributed by atoms with van der Waals surface area (Å²) in [4.78, 5) is 9.45. The molecule has 2 aromatic carbocycles. The minimum Gasteiger partial charge on any atom is -0.497 e. The van der Waals surface area contributed by atoms with E-state index < -0.39 is 0 Å². The molecule has 0 aliphatic carbocycles. The van der Waals surface area contributed by atoms with Crippen LogP contribution in [0, 0.1) is 0 Å². The molecule has 0 radical (unpaired) electrons. The fraction of sp³-hybridized carbons (Fsp3) is 0.200. The van der Waals surface area contributed by atoms with E-state index in [1.165, 1.54) is 12.7 Å². The Balaban J connectivity index is 2.12. The molecule has 0 atom stereocenters. The Bertz CT molecular complexity index is 474. The van der Waals surface area contributed by atoms with Gasteiger partial charge >= 0.3 is 0 Å². The summed E-state index contributed by atoms with van der Waals surface area (Å²) < 4.78 is 5.14. The van der Waals surface area contributed by atoms with Gasteiger partial charge in [0.15, 0.2) is 0 Å². The molecule has 0 unspecified atom stereocenters. The highest BCUT2D eigenvalue weighted by Gasteiger charge is 1.99. The van der Waals surface area contributed by atoms with E-state index >= 15 is 0 Å². The highest BCUT2D eigenvalue weighted by atomic mass is 17.2. The van der Waals surface area contributed by atoms with Crippen molar-refractivity contribution in [2.24, 2.45) is 0 Å². The molecule has 18 heavy (non-hydrogen) atoms. The van der Waals surface area contributed by atoms with E-state index in [0.29, 0.717) is 6.61 Å². The zero-order valence-corrected chi connectivity index (χ0v) is 10.6. The predicted molar refractivity (Wildman–Crippen MR) is 70.2 cm³/mol. The van der Waals surface area contributed by atoms with Crippen LogP contribution in [0.4, 0.5) is 0 Å². The van der Waals surface area contributed by atoms with Gasteiger partial charge in [-0.25, -0.2) is 9.78 Å². The van der Waals surface area contributed by atoms with Crippen molar-refractivity contribution in [3.8, 4) is 16.9 Å². The minimum absolute atomic E-state index is 0.458. The second kappa shape index (κ2) is 6.19. The minimum atomic E-state index is 0.458. The van der Waals surface area contributed by atoms with E-state index in [1.54, 1.807) is 7.11 Å². The fourth-order valence-electron chi connectivity index (χ4n) is 1.70. The molecule has 3 nitrogen and oxygen atoms in total. The first-order valence-electron chi connectivity index (χ1n) is 5.72. The van der Waals surface area contributed by atoms with Crippen molar-refractivity contribution in [2.45, 2.75) is 6.61 Å². The van der Waals surface area contributed by atoms with Gasteiger partial charge in [-0.1, -0.05) is 36.4 Å². The Hall–Kier alpha value is -1.84. The summed E-state index contributed by atoms with van der Waals surface area (Å²) in [5.41, 5.74) is 3.41. The quantitative estimate of drug-likeness (QED) is 0.595. The van der Waals surface area contributed by atoms with E-state index in [1.807, 2.05) is 36.4 Å². The molecule has 0 aliphatic heterocycles.